The van der Waals surface area contributed by atoms with Gasteiger partial charge in [-0.05, 0) is 17.9 Å². The minimum absolute atomic E-state index is 0.386. The van der Waals surface area contributed by atoms with Crippen molar-refractivity contribution in [2.24, 2.45) is 0 Å². The molecule has 1 fully saturated rings. The summed E-state index contributed by atoms with van der Waals surface area (Å²) in [6.07, 6.45) is 1.04. The molecule has 0 radical (unpaired) electrons. The van der Waals surface area contributed by atoms with Crippen LogP contribution in [0.15, 0.2) is 17.5 Å². The van der Waals surface area contributed by atoms with Crippen molar-refractivity contribution in [1.29, 1.82) is 0 Å². The molecule has 8 heteroatoms. The van der Waals surface area contributed by atoms with E-state index in [9.17, 15) is 8.42 Å². The minimum Gasteiger partial charge on any atom is -0.383 e. The lowest BCUT2D eigenvalue weighted by Crippen LogP contribution is -2.52. The van der Waals surface area contributed by atoms with Crippen LogP contribution in [0.2, 0.25) is 0 Å². The minimum atomic E-state index is -3.35. The first-order valence-electron chi connectivity index (χ1n) is 7.49. The van der Waals surface area contributed by atoms with Crippen LogP contribution in [-0.4, -0.2) is 82.0 Å². The number of thiophene rings is 1. The van der Waals surface area contributed by atoms with E-state index in [0.717, 1.165) is 26.1 Å². The normalized spacial score (nSPS) is 18.1. The van der Waals surface area contributed by atoms with Crippen molar-refractivity contribution in [2.75, 3.05) is 60.0 Å². The maximum Gasteiger partial charge on any atom is 0.281 e. The van der Waals surface area contributed by atoms with E-state index >= 15 is 0 Å². The van der Waals surface area contributed by atoms with Crippen LogP contribution in [-0.2, 0) is 21.4 Å². The second-order valence-corrected chi connectivity index (χ2v) is 8.46. The molecular weight excluding hydrogens is 322 g/mol. The van der Waals surface area contributed by atoms with E-state index in [2.05, 4.69) is 22.4 Å². The smallest absolute Gasteiger partial charge is 0.281 e. The van der Waals surface area contributed by atoms with Crippen molar-refractivity contribution >= 4 is 21.5 Å². The lowest BCUT2D eigenvalue weighted by atomic mass is 10.3. The summed E-state index contributed by atoms with van der Waals surface area (Å²) in [4.78, 5) is 3.72. The van der Waals surface area contributed by atoms with Crippen molar-refractivity contribution < 1.29 is 13.2 Å². The first-order chi connectivity index (χ1) is 10.5. The zero-order valence-corrected chi connectivity index (χ0v) is 14.9. The van der Waals surface area contributed by atoms with Crippen molar-refractivity contribution in [3.8, 4) is 0 Å². The van der Waals surface area contributed by atoms with Gasteiger partial charge in [0.2, 0.25) is 0 Å². The molecule has 0 N–H and O–H groups in total. The summed E-state index contributed by atoms with van der Waals surface area (Å²) < 4.78 is 32.7. The second kappa shape index (κ2) is 8.37. The van der Waals surface area contributed by atoms with Crippen LogP contribution >= 0.6 is 11.3 Å². The monoisotopic (exact) mass is 347 g/mol. The first kappa shape index (κ1) is 17.8. The lowest BCUT2D eigenvalue weighted by molar-refractivity contribution is 0.169. The van der Waals surface area contributed by atoms with Gasteiger partial charge in [0.05, 0.1) is 6.61 Å². The van der Waals surface area contributed by atoms with Crippen LogP contribution in [0.1, 0.15) is 4.88 Å². The molecule has 1 aromatic heterocycles. The van der Waals surface area contributed by atoms with Crippen molar-refractivity contribution in [2.45, 2.75) is 6.42 Å². The molecule has 1 aliphatic heterocycles. The highest BCUT2D eigenvalue weighted by molar-refractivity contribution is 7.86. The quantitative estimate of drug-likeness (QED) is 0.696. The molecule has 0 atom stereocenters. The van der Waals surface area contributed by atoms with Gasteiger partial charge < -0.3 is 9.64 Å². The molecule has 1 aromatic rings. The summed E-state index contributed by atoms with van der Waals surface area (Å²) in [5.41, 5.74) is 0. The average molecular weight is 348 g/mol. The Bertz CT molecular complexity index is 526. The van der Waals surface area contributed by atoms with E-state index in [1.807, 2.05) is 0 Å². The number of hydrogen-bond acceptors (Lipinski definition) is 5. The van der Waals surface area contributed by atoms with Gasteiger partial charge in [-0.15, -0.1) is 11.3 Å². The molecule has 6 nitrogen and oxygen atoms in total. The highest BCUT2D eigenvalue weighted by Crippen LogP contribution is 2.13. The molecule has 126 valence electrons. The van der Waals surface area contributed by atoms with Gasteiger partial charge in [-0.25, -0.2) is 0 Å². The van der Waals surface area contributed by atoms with E-state index in [0.29, 0.717) is 26.2 Å². The van der Waals surface area contributed by atoms with Crippen LogP contribution in [0, 0.1) is 0 Å². The van der Waals surface area contributed by atoms with Gasteiger partial charge in [-0.1, -0.05) is 6.07 Å². The summed E-state index contributed by atoms with van der Waals surface area (Å²) in [5, 5.41) is 2.09. The highest BCUT2D eigenvalue weighted by atomic mass is 32.2. The molecule has 0 saturated carbocycles. The Morgan fingerprint density at radius 2 is 2.05 bits per heavy atom. The van der Waals surface area contributed by atoms with Gasteiger partial charge in [0.25, 0.3) is 10.2 Å². The lowest BCUT2D eigenvalue weighted by Gasteiger charge is -2.35. The zero-order chi connectivity index (χ0) is 16.0. The average Bonchev–Trinajstić information content (AvgIpc) is 3.04. The Kier molecular flexibility index (Phi) is 6.79. The second-order valence-electron chi connectivity index (χ2n) is 5.39. The molecule has 0 amide bonds. The molecule has 0 aromatic carbocycles. The van der Waals surface area contributed by atoms with Crippen LogP contribution < -0.4 is 0 Å². The van der Waals surface area contributed by atoms with Gasteiger partial charge >= 0.3 is 0 Å². The largest absolute Gasteiger partial charge is 0.383 e. The van der Waals surface area contributed by atoms with Crippen LogP contribution in [0.3, 0.4) is 0 Å². The molecule has 0 bridgehead atoms. The van der Waals surface area contributed by atoms with E-state index < -0.39 is 10.2 Å². The SMILES string of the molecule is COCCN(C)S(=O)(=O)N1CCN(CCc2cccs2)CC1. The van der Waals surface area contributed by atoms with Gasteiger partial charge in [-0.3, -0.25) is 0 Å². The fraction of sp³-hybridized carbons (Fsp3) is 0.714. The van der Waals surface area contributed by atoms with Crippen LogP contribution in [0.4, 0.5) is 0 Å². The van der Waals surface area contributed by atoms with E-state index in [4.69, 9.17) is 4.74 Å². The number of methoxy groups -OCH3 is 1. The molecular formula is C14H25N3O3S2. The topological polar surface area (TPSA) is 53.1 Å². The number of rotatable bonds is 8. The Morgan fingerprint density at radius 1 is 1.32 bits per heavy atom. The van der Waals surface area contributed by atoms with Crippen LogP contribution in [0.5, 0.6) is 0 Å². The molecule has 22 heavy (non-hydrogen) atoms. The summed E-state index contributed by atoms with van der Waals surface area (Å²) in [6.45, 7) is 4.50. The van der Waals surface area contributed by atoms with Crippen molar-refractivity contribution in [1.82, 2.24) is 13.5 Å². The van der Waals surface area contributed by atoms with E-state index in [1.54, 1.807) is 29.8 Å². The van der Waals surface area contributed by atoms with Crippen molar-refractivity contribution in [3.05, 3.63) is 22.4 Å². The molecule has 0 spiro atoms. The predicted molar refractivity (Wildman–Crippen MR) is 89.5 cm³/mol. The van der Waals surface area contributed by atoms with Crippen LogP contribution in [0.25, 0.3) is 0 Å². The Morgan fingerprint density at radius 3 is 2.64 bits per heavy atom. The molecule has 1 aliphatic rings. The Balaban J connectivity index is 1.78. The Labute approximate surface area is 137 Å². The number of ether oxygens (including phenoxy) is 1. The van der Waals surface area contributed by atoms with Gasteiger partial charge in [0.1, 0.15) is 0 Å². The molecule has 0 unspecified atom stereocenters. The fourth-order valence-corrected chi connectivity index (χ4v) is 4.46. The third-order valence-corrected chi connectivity index (χ3v) is 6.84. The summed E-state index contributed by atoms with van der Waals surface area (Å²) in [6, 6.07) is 4.22. The van der Waals surface area contributed by atoms with Gasteiger partial charge in [-0.2, -0.15) is 17.0 Å². The number of nitrogens with zero attached hydrogens (tertiary/aromatic N) is 3. The summed E-state index contributed by atoms with van der Waals surface area (Å²) in [7, 11) is -0.169. The van der Waals surface area contributed by atoms with Gasteiger partial charge in [0, 0.05) is 58.3 Å². The predicted octanol–water partition coefficient (Wildman–Crippen LogP) is 0.731. The maximum absolute atomic E-state index is 12.4. The number of piperazine rings is 1. The molecule has 0 aliphatic carbocycles. The van der Waals surface area contributed by atoms with E-state index in [1.165, 1.54) is 9.18 Å². The fourth-order valence-electron chi connectivity index (χ4n) is 2.44. The summed E-state index contributed by atoms with van der Waals surface area (Å²) in [5.74, 6) is 0. The standard InChI is InChI=1S/C14H25N3O3S2/c1-15(11-12-20-2)22(18,19)17-9-7-16(8-10-17)6-5-14-4-3-13-21-14/h3-4,13H,5-12H2,1-2H3. The first-order valence-corrected chi connectivity index (χ1v) is 9.77. The molecule has 1 saturated heterocycles. The Hall–Kier alpha value is -0.510. The third-order valence-electron chi connectivity index (χ3n) is 3.92. The van der Waals surface area contributed by atoms with Crippen molar-refractivity contribution in [3.63, 3.8) is 0 Å². The maximum atomic E-state index is 12.4. The molecule has 2 heterocycles. The molecule has 2 rings (SSSR count). The summed E-state index contributed by atoms with van der Waals surface area (Å²) >= 11 is 1.78. The number of likely N-dealkylation sites (N-methyl/N-ethyl adjacent to an activating group) is 1. The van der Waals surface area contributed by atoms with Gasteiger partial charge in [0.15, 0.2) is 0 Å². The van der Waals surface area contributed by atoms with E-state index in [-0.39, 0.29) is 0 Å². The number of hydrogen-bond donors (Lipinski definition) is 0. The highest BCUT2D eigenvalue weighted by Gasteiger charge is 2.29. The zero-order valence-electron chi connectivity index (χ0n) is 13.3. The third kappa shape index (κ3) is 4.74.